The molecule has 0 aliphatic rings. The van der Waals surface area contributed by atoms with Gasteiger partial charge in [0.15, 0.2) is 5.03 Å². The van der Waals surface area contributed by atoms with E-state index in [9.17, 15) is 17.2 Å². The van der Waals surface area contributed by atoms with Crippen LogP contribution in [0, 0.1) is 0 Å². The van der Waals surface area contributed by atoms with Crippen molar-refractivity contribution in [3.8, 4) is 0 Å². The first kappa shape index (κ1) is 12.5. The van der Waals surface area contributed by atoms with Gasteiger partial charge >= 0.3 is 0 Å². The fourth-order valence-corrected chi connectivity index (χ4v) is 1.79. The summed E-state index contributed by atoms with van der Waals surface area (Å²) in [5.41, 5.74) is -0.222. The lowest BCUT2D eigenvalue weighted by Crippen LogP contribution is -2.15. The Kier molecular flexibility index (Phi) is 3.74. The zero-order valence-corrected chi connectivity index (χ0v) is 9.72. The average Bonchev–Trinajstić information content (AvgIpc) is 2.15. The normalized spacial score (nSPS) is 12.1. The number of rotatable bonds is 3. The summed E-state index contributed by atoms with van der Waals surface area (Å²) in [5.74, 6) is 0. The summed E-state index contributed by atoms with van der Waals surface area (Å²) in [6.45, 7) is 0. The lowest BCUT2D eigenvalue weighted by Gasteiger charge is -2.05. The van der Waals surface area contributed by atoms with Crippen molar-refractivity contribution in [2.45, 2.75) is 16.8 Å². The van der Waals surface area contributed by atoms with Crippen LogP contribution in [0.3, 0.4) is 0 Å². The highest BCUT2D eigenvalue weighted by atomic mass is 79.9. The molecule has 0 aliphatic carbocycles. The van der Waals surface area contributed by atoms with Crippen LogP contribution < -0.4 is 5.14 Å². The Balaban J connectivity index is 3.36. The lowest BCUT2D eigenvalue weighted by molar-refractivity contribution is 0.145. The molecule has 1 heterocycles. The van der Waals surface area contributed by atoms with Crippen LogP contribution in [0.5, 0.6) is 0 Å². The summed E-state index contributed by atoms with van der Waals surface area (Å²) in [7, 11) is -4.06. The Bertz CT molecular complexity index is 464. The first-order valence-corrected chi connectivity index (χ1v) is 6.39. The van der Waals surface area contributed by atoms with E-state index in [4.69, 9.17) is 5.14 Å². The van der Waals surface area contributed by atoms with E-state index < -0.39 is 27.2 Å². The number of nitrogens with two attached hydrogens (primary N) is 1. The van der Waals surface area contributed by atoms with Crippen molar-refractivity contribution in [3.05, 3.63) is 23.4 Å². The molecule has 15 heavy (non-hydrogen) atoms. The van der Waals surface area contributed by atoms with Gasteiger partial charge in [-0.2, -0.15) is 0 Å². The SMILES string of the molecule is NS(=O)(=O)c1cc(CBr)cc(C(F)F)n1. The van der Waals surface area contributed by atoms with Gasteiger partial charge in [-0.05, 0) is 17.7 Å². The van der Waals surface area contributed by atoms with Crippen molar-refractivity contribution in [2.24, 2.45) is 5.14 Å². The monoisotopic (exact) mass is 300 g/mol. The quantitative estimate of drug-likeness (QED) is 0.861. The zero-order chi connectivity index (χ0) is 11.6. The van der Waals surface area contributed by atoms with E-state index in [-0.39, 0.29) is 5.33 Å². The summed E-state index contributed by atoms with van der Waals surface area (Å²) in [5, 5.41) is 4.50. The Labute approximate surface area is 93.7 Å². The van der Waals surface area contributed by atoms with Crippen LogP contribution in [-0.2, 0) is 15.4 Å². The van der Waals surface area contributed by atoms with Gasteiger partial charge in [0.2, 0.25) is 0 Å². The van der Waals surface area contributed by atoms with E-state index in [0.29, 0.717) is 5.56 Å². The van der Waals surface area contributed by atoms with Gasteiger partial charge in [0.25, 0.3) is 16.4 Å². The smallest absolute Gasteiger partial charge is 0.234 e. The summed E-state index contributed by atoms with van der Waals surface area (Å²) >= 11 is 3.03. The van der Waals surface area contributed by atoms with Gasteiger partial charge in [-0.15, -0.1) is 0 Å². The third-order valence-corrected chi connectivity index (χ3v) is 2.99. The van der Waals surface area contributed by atoms with Crippen molar-refractivity contribution in [1.29, 1.82) is 0 Å². The first-order chi connectivity index (χ1) is 6.84. The molecule has 4 nitrogen and oxygen atoms in total. The summed E-state index contributed by atoms with van der Waals surface area (Å²) in [6, 6.07) is 2.27. The largest absolute Gasteiger partial charge is 0.280 e. The van der Waals surface area contributed by atoms with Gasteiger partial charge in [0, 0.05) is 5.33 Å². The van der Waals surface area contributed by atoms with Crippen molar-refractivity contribution in [1.82, 2.24) is 4.98 Å². The molecular formula is C7H7BrF2N2O2S. The molecule has 0 bridgehead atoms. The molecule has 0 spiro atoms. The minimum absolute atomic E-state index is 0.248. The number of alkyl halides is 3. The van der Waals surface area contributed by atoms with E-state index in [1.807, 2.05) is 0 Å². The number of sulfonamides is 1. The van der Waals surface area contributed by atoms with Gasteiger partial charge < -0.3 is 0 Å². The van der Waals surface area contributed by atoms with Gasteiger partial charge in [0.05, 0.1) is 0 Å². The molecule has 1 aromatic heterocycles. The van der Waals surface area contributed by atoms with Crippen LogP contribution in [0.1, 0.15) is 17.7 Å². The maximum absolute atomic E-state index is 12.3. The number of hydrogen-bond acceptors (Lipinski definition) is 3. The maximum Gasteiger partial charge on any atom is 0.280 e. The van der Waals surface area contributed by atoms with Gasteiger partial charge in [-0.25, -0.2) is 27.3 Å². The zero-order valence-electron chi connectivity index (χ0n) is 7.32. The highest BCUT2D eigenvalue weighted by Gasteiger charge is 2.16. The number of aromatic nitrogens is 1. The molecule has 8 heteroatoms. The summed E-state index contributed by atoms with van der Waals surface area (Å²) in [4.78, 5) is 3.27. The Hall–Kier alpha value is -0.600. The predicted octanol–water partition coefficient (Wildman–Crippen LogP) is 1.56. The van der Waals surface area contributed by atoms with Gasteiger partial charge in [-0.1, -0.05) is 15.9 Å². The molecule has 0 unspecified atom stereocenters. The van der Waals surface area contributed by atoms with E-state index in [1.165, 1.54) is 0 Å². The van der Waals surface area contributed by atoms with Crippen molar-refractivity contribution in [2.75, 3.05) is 0 Å². The number of primary sulfonamides is 1. The highest BCUT2D eigenvalue weighted by molar-refractivity contribution is 9.08. The van der Waals surface area contributed by atoms with E-state index in [1.54, 1.807) is 0 Å². The molecule has 0 aromatic carbocycles. The molecule has 1 rings (SSSR count). The van der Waals surface area contributed by atoms with Crippen LogP contribution in [0.15, 0.2) is 17.2 Å². The van der Waals surface area contributed by atoms with Crippen LogP contribution in [-0.4, -0.2) is 13.4 Å². The minimum Gasteiger partial charge on any atom is -0.234 e. The number of hydrogen-bond donors (Lipinski definition) is 1. The molecule has 0 fully saturated rings. The third-order valence-electron chi connectivity index (χ3n) is 1.55. The van der Waals surface area contributed by atoms with Crippen molar-refractivity contribution >= 4 is 26.0 Å². The number of nitrogens with zero attached hydrogens (tertiary/aromatic N) is 1. The summed E-state index contributed by atoms with van der Waals surface area (Å²) < 4.78 is 46.5. The second kappa shape index (κ2) is 4.50. The Morgan fingerprint density at radius 1 is 1.47 bits per heavy atom. The fourth-order valence-electron chi connectivity index (χ4n) is 0.917. The molecule has 0 amide bonds. The van der Waals surface area contributed by atoms with E-state index in [0.717, 1.165) is 12.1 Å². The standard InChI is InChI=1S/C7H7BrF2N2O2S/c8-3-4-1-5(7(9)10)12-6(2-4)15(11,13)14/h1-2,7H,3H2,(H2,11,13,14). The third kappa shape index (κ3) is 3.18. The molecule has 0 atom stereocenters. The van der Waals surface area contributed by atoms with Crippen LogP contribution in [0.25, 0.3) is 0 Å². The van der Waals surface area contributed by atoms with Crippen molar-refractivity contribution in [3.63, 3.8) is 0 Å². The van der Waals surface area contributed by atoms with Gasteiger partial charge in [0.1, 0.15) is 5.69 Å². The second-order valence-electron chi connectivity index (χ2n) is 2.72. The van der Waals surface area contributed by atoms with Crippen LogP contribution >= 0.6 is 15.9 Å². The fraction of sp³-hybridized carbons (Fsp3) is 0.286. The molecule has 84 valence electrons. The van der Waals surface area contributed by atoms with Gasteiger partial charge in [-0.3, -0.25) is 0 Å². The minimum atomic E-state index is -4.06. The number of pyridine rings is 1. The average molecular weight is 301 g/mol. The molecule has 0 saturated heterocycles. The topological polar surface area (TPSA) is 73.1 Å². The van der Waals surface area contributed by atoms with Crippen LogP contribution in [0.2, 0.25) is 0 Å². The summed E-state index contributed by atoms with van der Waals surface area (Å²) in [6.07, 6.45) is -2.83. The van der Waals surface area contributed by atoms with E-state index in [2.05, 4.69) is 20.9 Å². The first-order valence-electron chi connectivity index (χ1n) is 3.72. The lowest BCUT2D eigenvalue weighted by atomic mass is 10.2. The van der Waals surface area contributed by atoms with Crippen molar-refractivity contribution < 1.29 is 17.2 Å². The molecule has 0 saturated carbocycles. The molecular weight excluding hydrogens is 294 g/mol. The van der Waals surface area contributed by atoms with Crippen LogP contribution in [0.4, 0.5) is 8.78 Å². The maximum atomic E-state index is 12.3. The Morgan fingerprint density at radius 3 is 2.47 bits per heavy atom. The molecule has 2 N–H and O–H groups in total. The Morgan fingerprint density at radius 2 is 2.07 bits per heavy atom. The molecule has 1 aromatic rings. The highest BCUT2D eigenvalue weighted by Crippen LogP contribution is 2.21. The molecule has 0 radical (unpaired) electrons. The molecule has 0 aliphatic heterocycles. The predicted molar refractivity (Wildman–Crippen MR) is 53.2 cm³/mol. The van der Waals surface area contributed by atoms with E-state index >= 15 is 0 Å². The number of halogens is 3. The second-order valence-corrected chi connectivity index (χ2v) is 4.79.